The van der Waals surface area contributed by atoms with Crippen molar-refractivity contribution in [2.45, 2.75) is 6.54 Å². The number of hydrogen-bond acceptors (Lipinski definition) is 7. The van der Waals surface area contributed by atoms with Gasteiger partial charge in [0.05, 0.1) is 24.9 Å². The van der Waals surface area contributed by atoms with Crippen LogP contribution in [0.15, 0.2) is 84.1 Å². The first-order valence-corrected chi connectivity index (χ1v) is 13.2. The fourth-order valence-electron chi connectivity index (χ4n) is 3.71. The fourth-order valence-corrected chi connectivity index (χ4v) is 5.22. The van der Waals surface area contributed by atoms with E-state index >= 15 is 0 Å². The topological polar surface area (TPSA) is 94.8 Å². The molecule has 1 amide bonds. The summed E-state index contributed by atoms with van der Waals surface area (Å²) < 4.78 is 13.5. The maximum absolute atomic E-state index is 12.8. The lowest BCUT2D eigenvalue weighted by Crippen LogP contribution is -2.18. The van der Waals surface area contributed by atoms with Crippen LogP contribution in [0.1, 0.15) is 31.3 Å². The number of esters is 1. The van der Waals surface area contributed by atoms with Gasteiger partial charge in [0.2, 0.25) is 0 Å². The molecule has 3 aromatic carbocycles. The van der Waals surface area contributed by atoms with Crippen molar-refractivity contribution >= 4 is 62.7 Å². The molecule has 0 aliphatic heterocycles. The highest BCUT2D eigenvalue weighted by molar-refractivity contribution is 7.21. The molecule has 0 atom stereocenters. The van der Waals surface area contributed by atoms with Crippen molar-refractivity contribution in [3.8, 4) is 11.5 Å². The standard InChI is InChI=1S/C28H20Cl2N4O4S/c1-37-23-14-18(8-11-22(23)38-28(36)26-25(30)20-4-2-3-5-24(20)39-26)15-31-32-27(35)21-12-13-34(33-21)16-17-6-9-19(29)10-7-17/h2-15H,16H2,1H3,(H,32,35)/b31-15-. The molecule has 8 nitrogen and oxygen atoms in total. The van der Waals surface area contributed by atoms with E-state index in [9.17, 15) is 9.59 Å². The number of hydrogen-bond donors (Lipinski definition) is 1. The van der Waals surface area contributed by atoms with Crippen molar-refractivity contribution < 1.29 is 19.1 Å². The predicted octanol–water partition coefficient (Wildman–Crippen LogP) is 6.44. The van der Waals surface area contributed by atoms with Crippen LogP contribution < -0.4 is 14.9 Å². The molecule has 5 rings (SSSR count). The summed E-state index contributed by atoms with van der Waals surface area (Å²) in [6.07, 6.45) is 3.16. The molecule has 0 aliphatic rings. The van der Waals surface area contributed by atoms with Gasteiger partial charge in [-0.1, -0.05) is 53.5 Å². The van der Waals surface area contributed by atoms with Crippen LogP contribution in [-0.4, -0.2) is 35.0 Å². The van der Waals surface area contributed by atoms with Crippen LogP contribution in [0.4, 0.5) is 0 Å². The molecular formula is C28H20Cl2N4O4S. The Bertz CT molecular complexity index is 1700. The van der Waals surface area contributed by atoms with E-state index in [0.29, 0.717) is 32.8 Å². The van der Waals surface area contributed by atoms with E-state index in [-0.39, 0.29) is 11.4 Å². The highest BCUT2D eigenvalue weighted by atomic mass is 35.5. The number of amides is 1. The molecule has 5 aromatic rings. The van der Waals surface area contributed by atoms with Crippen molar-refractivity contribution in [2.24, 2.45) is 5.10 Å². The number of nitrogens with one attached hydrogen (secondary N) is 1. The Morgan fingerprint density at radius 2 is 1.85 bits per heavy atom. The van der Waals surface area contributed by atoms with E-state index in [4.69, 9.17) is 32.7 Å². The van der Waals surface area contributed by atoms with Crippen molar-refractivity contribution in [3.05, 3.63) is 111 Å². The molecule has 0 aliphatic carbocycles. The molecule has 2 heterocycles. The Balaban J connectivity index is 1.21. The highest BCUT2D eigenvalue weighted by Crippen LogP contribution is 2.37. The van der Waals surface area contributed by atoms with Crippen LogP contribution in [-0.2, 0) is 6.54 Å². The third kappa shape index (κ3) is 6.12. The van der Waals surface area contributed by atoms with E-state index in [2.05, 4.69) is 15.6 Å². The third-order valence-corrected chi connectivity index (χ3v) is 7.53. The Labute approximate surface area is 237 Å². The van der Waals surface area contributed by atoms with Crippen LogP contribution in [0.3, 0.4) is 0 Å². The summed E-state index contributed by atoms with van der Waals surface area (Å²) in [6.45, 7) is 0.500. The van der Waals surface area contributed by atoms with Gasteiger partial charge < -0.3 is 9.47 Å². The number of rotatable bonds is 8. The maximum atomic E-state index is 12.8. The quantitative estimate of drug-likeness (QED) is 0.0988. The molecule has 0 bridgehead atoms. The zero-order chi connectivity index (χ0) is 27.4. The Morgan fingerprint density at radius 1 is 1.05 bits per heavy atom. The minimum absolute atomic E-state index is 0.223. The van der Waals surface area contributed by atoms with Gasteiger partial charge in [-0.2, -0.15) is 10.2 Å². The number of carbonyl (C=O) groups is 2. The largest absolute Gasteiger partial charge is 0.493 e. The number of thiophene rings is 1. The lowest BCUT2D eigenvalue weighted by molar-refractivity contribution is 0.0734. The fraction of sp³-hybridized carbons (Fsp3) is 0.0714. The minimum Gasteiger partial charge on any atom is -0.493 e. The first-order chi connectivity index (χ1) is 18.9. The Morgan fingerprint density at radius 3 is 2.62 bits per heavy atom. The van der Waals surface area contributed by atoms with Gasteiger partial charge in [-0.05, 0) is 53.6 Å². The van der Waals surface area contributed by atoms with Crippen molar-refractivity contribution in [2.75, 3.05) is 7.11 Å². The van der Waals surface area contributed by atoms with Gasteiger partial charge in [-0.15, -0.1) is 11.3 Å². The van der Waals surface area contributed by atoms with Gasteiger partial charge >= 0.3 is 5.97 Å². The van der Waals surface area contributed by atoms with E-state index in [1.54, 1.807) is 47.3 Å². The zero-order valence-electron chi connectivity index (χ0n) is 20.4. The van der Waals surface area contributed by atoms with Crippen LogP contribution in [0.5, 0.6) is 11.5 Å². The zero-order valence-corrected chi connectivity index (χ0v) is 22.8. The second kappa shape index (κ2) is 11.7. The molecule has 1 N–H and O–H groups in total. The average Bonchev–Trinajstić information content (AvgIpc) is 3.55. The first-order valence-electron chi connectivity index (χ1n) is 11.6. The van der Waals surface area contributed by atoms with Crippen LogP contribution in [0.2, 0.25) is 10.0 Å². The van der Waals surface area contributed by atoms with Crippen LogP contribution in [0, 0.1) is 0 Å². The number of hydrazone groups is 1. The number of ether oxygens (including phenoxy) is 2. The Kier molecular flexibility index (Phi) is 7.92. The second-order valence-electron chi connectivity index (χ2n) is 8.27. The summed E-state index contributed by atoms with van der Waals surface area (Å²) >= 11 is 13.6. The summed E-state index contributed by atoms with van der Waals surface area (Å²) in [4.78, 5) is 25.6. The molecular weight excluding hydrogens is 559 g/mol. The molecule has 0 unspecified atom stereocenters. The van der Waals surface area contributed by atoms with E-state index in [1.807, 2.05) is 36.4 Å². The number of aromatic nitrogens is 2. The number of benzene rings is 3. The van der Waals surface area contributed by atoms with Crippen LogP contribution >= 0.6 is 34.5 Å². The molecule has 0 saturated heterocycles. The van der Waals surface area contributed by atoms with E-state index < -0.39 is 11.9 Å². The lowest BCUT2D eigenvalue weighted by atomic mass is 10.2. The summed E-state index contributed by atoms with van der Waals surface area (Å²) in [5.41, 5.74) is 4.29. The van der Waals surface area contributed by atoms with Crippen molar-refractivity contribution in [1.29, 1.82) is 0 Å². The number of methoxy groups -OCH3 is 1. The highest BCUT2D eigenvalue weighted by Gasteiger charge is 2.20. The average molecular weight is 579 g/mol. The van der Waals surface area contributed by atoms with E-state index in [1.165, 1.54) is 24.7 Å². The monoisotopic (exact) mass is 578 g/mol. The Hall–Kier alpha value is -4.18. The van der Waals surface area contributed by atoms with Crippen LogP contribution in [0.25, 0.3) is 10.1 Å². The van der Waals surface area contributed by atoms with Gasteiger partial charge in [0.15, 0.2) is 17.2 Å². The summed E-state index contributed by atoms with van der Waals surface area (Å²) in [7, 11) is 1.46. The summed E-state index contributed by atoms with van der Waals surface area (Å²) in [5.74, 6) is -0.497. The lowest BCUT2D eigenvalue weighted by Gasteiger charge is -2.09. The van der Waals surface area contributed by atoms with Gasteiger partial charge in [-0.3, -0.25) is 9.48 Å². The van der Waals surface area contributed by atoms with E-state index in [0.717, 1.165) is 15.6 Å². The molecule has 0 spiro atoms. The number of nitrogens with zero attached hydrogens (tertiary/aromatic N) is 3. The molecule has 0 fully saturated rings. The van der Waals surface area contributed by atoms with Crippen molar-refractivity contribution in [3.63, 3.8) is 0 Å². The molecule has 0 saturated carbocycles. The third-order valence-electron chi connectivity index (χ3n) is 5.62. The second-order valence-corrected chi connectivity index (χ2v) is 10.1. The first kappa shape index (κ1) is 26.4. The SMILES string of the molecule is COc1cc(/C=N\NC(=O)c2ccn(Cc3ccc(Cl)cc3)n2)ccc1OC(=O)c1sc2ccccc2c1Cl. The van der Waals surface area contributed by atoms with Gasteiger partial charge in [0, 0.05) is 21.3 Å². The molecule has 11 heteroatoms. The number of halogens is 2. The molecule has 196 valence electrons. The predicted molar refractivity (Wildman–Crippen MR) is 153 cm³/mol. The van der Waals surface area contributed by atoms with Gasteiger partial charge in [0.1, 0.15) is 4.88 Å². The van der Waals surface area contributed by atoms with Gasteiger partial charge in [0.25, 0.3) is 5.91 Å². The number of fused-ring (bicyclic) bond motifs is 1. The molecule has 2 aromatic heterocycles. The maximum Gasteiger partial charge on any atom is 0.355 e. The summed E-state index contributed by atoms with van der Waals surface area (Å²) in [6, 6.07) is 21.4. The molecule has 0 radical (unpaired) electrons. The molecule has 39 heavy (non-hydrogen) atoms. The van der Waals surface area contributed by atoms with Gasteiger partial charge in [-0.25, -0.2) is 10.2 Å². The number of carbonyl (C=O) groups excluding carboxylic acids is 2. The van der Waals surface area contributed by atoms with Crippen molar-refractivity contribution in [1.82, 2.24) is 15.2 Å². The smallest absolute Gasteiger partial charge is 0.355 e. The normalized spacial score (nSPS) is 11.2. The minimum atomic E-state index is -0.580. The summed E-state index contributed by atoms with van der Waals surface area (Å²) in [5, 5.41) is 10.1.